The monoisotopic (exact) mass is 371 g/mol. The molecule has 0 saturated heterocycles. The molecule has 0 aliphatic carbocycles. The smallest absolute Gasteiger partial charge is 0.253 e. The molecule has 0 aliphatic heterocycles. The Kier molecular flexibility index (Phi) is 5.50. The van der Waals surface area contributed by atoms with Crippen LogP contribution in [0.25, 0.3) is 10.9 Å². The third-order valence-corrected chi connectivity index (χ3v) is 5.24. The molecule has 3 rings (SSSR count). The van der Waals surface area contributed by atoms with Crippen molar-refractivity contribution >= 4 is 39.6 Å². The van der Waals surface area contributed by atoms with E-state index < -0.39 is 0 Å². The summed E-state index contributed by atoms with van der Waals surface area (Å²) < 4.78 is 0. The number of hydrogen-bond acceptors (Lipinski definition) is 3. The molecule has 0 radical (unpaired) electrons. The third-order valence-electron chi connectivity index (χ3n) is 3.98. The SMILES string of the molecule is CCNC(=S)N(Cc1cccs1)Cc1cc2cc(C)ccc2[nH]c1=O. The molecule has 0 unspecified atom stereocenters. The molecule has 0 saturated carbocycles. The van der Waals surface area contributed by atoms with E-state index in [1.807, 2.05) is 43.0 Å². The van der Waals surface area contributed by atoms with Gasteiger partial charge in [-0.05, 0) is 61.1 Å². The molecule has 2 N–H and O–H groups in total. The molecule has 130 valence electrons. The van der Waals surface area contributed by atoms with Crippen LogP contribution >= 0.6 is 23.6 Å². The number of thiocarbonyl (C=S) groups is 1. The average molecular weight is 372 g/mol. The van der Waals surface area contributed by atoms with Gasteiger partial charge in [0.25, 0.3) is 5.56 Å². The first-order valence-corrected chi connectivity index (χ1v) is 9.53. The van der Waals surface area contributed by atoms with Crippen LogP contribution in [0.2, 0.25) is 0 Å². The maximum Gasteiger partial charge on any atom is 0.253 e. The first-order chi connectivity index (χ1) is 12.1. The molecule has 0 amide bonds. The minimum Gasteiger partial charge on any atom is -0.363 e. The lowest BCUT2D eigenvalue weighted by atomic mass is 10.1. The number of H-pyrrole nitrogens is 1. The summed E-state index contributed by atoms with van der Waals surface area (Å²) in [6.45, 7) is 5.99. The third kappa shape index (κ3) is 4.27. The minimum atomic E-state index is -0.0631. The van der Waals surface area contributed by atoms with E-state index in [1.54, 1.807) is 11.3 Å². The molecule has 0 aliphatic rings. The Morgan fingerprint density at radius 1 is 1.28 bits per heavy atom. The van der Waals surface area contributed by atoms with E-state index in [2.05, 4.69) is 27.8 Å². The lowest BCUT2D eigenvalue weighted by Gasteiger charge is -2.25. The summed E-state index contributed by atoms with van der Waals surface area (Å²) >= 11 is 7.20. The number of aromatic nitrogens is 1. The molecule has 4 nitrogen and oxygen atoms in total. The standard InChI is InChI=1S/C19H21N3OS2/c1-3-20-19(24)22(12-16-5-4-8-25-16)11-15-10-14-9-13(2)6-7-17(14)21-18(15)23/h4-10H,3,11-12H2,1-2H3,(H,20,24)(H,21,23). The molecule has 1 aromatic carbocycles. The van der Waals surface area contributed by atoms with Crippen molar-refractivity contribution < 1.29 is 0 Å². The first-order valence-electron chi connectivity index (χ1n) is 8.24. The highest BCUT2D eigenvalue weighted by molar-refractivity contribution is 7.80. The number of fused-ring (bicyclic) bond motifs is 1. The first kappa shape index (κ1) is 17.6. The molecule has 2 aromatic heterocycles. The van der Waals surface area contributed by atoms with Gasteiger partial charge < -0.3 is 15.2 Å². The summed E-state index contributed by atoms with van der Waals surface area (Å²) in [6.07, 6.45) is 0. The highest BCUT2D eigenvalue weighted by Crippen LogP contribution is 2.17. The lowest BCUT2D eigenvalue weighted by molar-refractivity contribution is 0.402. The van der Waals surface area contributed by atoms with E-state index in [-0.39, 0.29) is 5.56 Å². The number of hydrogen-bond donors (Lipinski definition) is 2. The van der Waals surface area contributed by atoms with E-state index in [4.69, 9.17) is 12.2 Å². The van der Waals surface area contributed by atoms with Crippen molar-refractivity contribution in [1.29, 1.82) is 0 Å². The Bertz CT molecular complexity index is 931. The number of nitrogens with one attached hydrogen (secondary N) is 2. The predicted molar refractivity (Wildman–Crippen MR) is 109 cm³/mol. The Morgan fingerprint density at radius 2 is 2.12 bits per heavy atom. The van der Waals surface area contributed by atoms with Gasteiger partial charge in [-0.2, -0.15) is 0 Å². The van der Waals surface area contributed by atoms with Gasteiger partial charge in [-0.3, -0.25) is 4.79 Å². The summed E-state index contributed by atoms with van der Waals surface area (Å²) in [6, 6.07) is 12.1. The van der Waals surface area contributed by atoms with Crippen LogP contribution in [0.4, 0.5) is 0 Å². The van der Waals surface area contributed by atoms with Crippen LogP contribution in [0.3, 0.4) is 0 Å². The number of aromatic amines is 1. The van der Waals surface area contributed by atoms with Gasteiger partial charge in [0.1, 0.15) is 0 Å². The Hall–Kier alpha value is -2.18. The maximum absolute atomic E-state index is 12.5. The number of thiophene rings is 1. The molecule has 3 aromatic rings. The van der Waals surface area contributed by atoms with E-state index >= 15 is 0 Å². The van der Waals surface area contributed by atoms with Crippen molar-refractivity contribution in [3.63, 3.8) is 0 Å². The molecular formula is C19H21N3OS2. The van der Waals surface area contributed by atoms with E-state index in [9.17, 15) is 4.79 Å². The van der Waals surface area contributed by atoms with Crippen LogP contribution in [0.1, 0.15) is 22.9 Å². The normalized spacial score (nSPS) is 10.8. The van der Waals surface area contributed by atoms with Crippen LogP contribution in [-0.2, 0) is 13.1 Å². The van der Waals surface area contributed by atoms with Crippen molar-refractivity contribution in [2.45, 2.75) is 26.9 Å². The molecule has 0 fully saturated rings. The van der Waals surface area contributed by atoms with Gasteiger partial charge in [0.15, 0.2) is 5.11 Å². The molecule has 0 atom stereocenters. The number of pyridine rings is 1. The van der Waals surface area contributed by atoms with Gasteiger partial charge in [0.05, 0.1) is 13.1 Å². The summed E-state index contributed by atoms with van der Waals surface area (Å²) in [5.74, 6) is 0. The maximum atomic E-state index is 12.5. The summed E-state index contributed by atoms with van der Waals surface area (Å²) in [7, 11) is 0. The highest BCUT2D eigenvalue weighted by Gasteiger charge is 2.14. The summed E-state index contributed by atoms with van der Waals surface area (Å²) in [5.41, 5.74) is 2.68. The number of aryl methyl sites for hydroxylation is 1. The van der Waals surface area contributed by atoms with Crippen molar-refractivity contribution in [2.24, 2.45) is 0 Å². The Labute approximate surface area is 156 Å². The van der Waals surface area contributed by atoms with Gasteiger partial charge in [-0.15, -0.1) is 11.3 Å². The van der Waals surface area contributed by atoms with Gasteiger partial charge >= 0.3 is 0 Å². The fourth-order valence-corrected chi connectivity index (χ4v) is 3.74. The van der Waals surface area contributed by atoms with E-state index in [0.717, 1.165) is 23.0 Å². The van der Waals surface area contributed by atoms with Crippen LogP contribution in [0.15, 0.2) is 46.6 Å². The minimum absolute atomic E-state index is 0.0631. The molecule has 2 heterocycles. The highest BCUT2D eigenvalue weighted by atomic mass is 32.1. The number of benzene rings is 1. The Morgan fingerprint density at radius 3 is 2.84 bits per heavy atom. The van der Waals surface area contributed by atoms with Crippen LogP contribution in [0, 0.1) is 6.92 Å². The van der Waals surface area contributed by atoms with E-state index in [1.165, 1.54) is 10.4 Å². The van der Waals surface area contributed by atoms with Gasteiger partial charge in [0.2, 0.25) is 0 Å². The molecule has 0 spiro atoms. The molecule has 25 heavy (non-hydrogen) atoms. The van der Waals surface area contributed by atoms with Crippen LogP contribution in [-0.4, -0.2) is 21.5 Å². The fraction of sp³-hybridized carbons (Fsp3) is 0.263. The predicted octanol–water partition coefficient (Wildman–Crippen LogP) is 3.79. The number of nitrogens with zero attached hydrogens (tertiary/aromatic N) is 1. The number of rotatable bonds is 5. The van der Waals surface area contributed by atoms with Gasteiger partial charge in [-0.1, -0.05) is 17.7 Å². The van der Waals surface area contributed by atoms with Crippen LogP contribution in [0.5, 0.6) is 0 Å². The lowest BCUT2D eigenvalue weighted by Crippen LogP contribution is -2.39. The quantitative estimate of drug-likeness (QED) is 0.670. The molecular weight excluding hydrogens is 350 g/mol. The van der Waals surface area contributed by atoms with Crippen molar-refractivity contribution in [1.82, 2.24) is 15.2 Å². The van der Waals surface area contributed by atoms with Crippen molar-refractivity contribution in [2.75, 3.05) is 6.54 Å². The van der Waals surface area contributed by atoms with Crippen LogP contribution < -0.4 is 10.9 Å². The van der Waals surface area contributed by atoms with E-state index in [0.29, 0.717) is 18.2 Å². The second-order valence-electron chi connectivity index (χ2n) is 5.99. The molecule has 0 bridgehead atoms. The Balaban J connectivity index is 1.92. The zero-order valence-corrected chi connectivity index (χ0v) is 16.0. The van der Waals surface area contributed by atoms with Gasteiger partial charge in [0, 0.05) is 22.5 Å². The zero-order chi connectivity index (χ0) is 17.8. The second kappa shape index (κ2) is 7.80. The topological polar surface area (TPSA) is 48.1 Å². The fourth-order valence-electron chi connectivity index (χ4n) is 2.75. The van der Waals surface area contributed by atoms with Gasteiger partial charge in [-0.25, -0.2) is 0 Å². The second-order valence-corrected chi connectivity index (χ2v) is 7.40. The zero-order valence-electron chi connectivity index (χ0n) is 14.3. The molecule has 6 heteroatoms. The largest absolute Gasteiger partial charge is 0.363 e. The average Bonchev–Trinajstić information content (AvgIpc) is 3.08. The summed E-state index contributed by atoms with van der Waals surface area (Å²) in [4.78, 5) is 18.7. The summed E-state index contributed by atoms with van der Waals surface area (Å²) in [5, 5.41) is 6.95. The van der Waals surface area contributed by atoms with Crippen molar-refractivity contribution in [3.8, 4) is 0 Å². The van der Waals surface area contributed by atoms with Crippen molar-refractivity contribution in [3.05, 3.63) is 68.1 Å².